The van der Waals surface area contributed by atoms with Crippen molar-refractivity contribution in [3.63, 3.8) is 0 Å². The summed E-state index contributed by atoms with van der Waals surface area (Å²) in [4.78, 5) is 13.1. The number of Topliss-reactive ketones (excluding diaryl/α,β-unsaturated/α-hetero) is 1. The second kappa shape index (κ2) is 3.40. The van der Waals surface area contributed by atoms with E-state index in [9.17, 15) is 4.79 Å². The zero-order valence-corrected chi connectivity index (χ0v) is 10.1. The normalized spacial score (nSPS) is 18.0. The average Bonchev–Trinajstić information content (AvgIpc) is 2.65. The van der Waals surface area contributed by atoms with E-state index in [1.807, 2.05) is 36.4 Å². The fraction of sp³-hybridized carbons (Fsp3) is 0. The zero-order valence-electron chi connectivity index (χ0n) is 8.27. The second-order valence-electron chi connectivity index (χ2n) is 3.77. The molecule has 3 rings (SSSR count). The molecular weight excluding hydrogens is 236 g/mol. The van der Waals surface area contributed by atoms with E-state index in [1.54, 1.807) is 0 Å². The molecule has 2 aliphatic rings. The van der Waals surface area contributed by atoms with Crippen LogP contribution in [0.4, 0.5) is 0 Å². The van der Waals surface area contributed by atoms with E-state index < -0.39 is 0 Å². The monoisotopic (exact) mass is 244 g/mol. The minimum absolute atomic E-state index is 0.0398. The Bertz CT molecular complexity index is 606. The Morgan fingerprint density at radius 1 is 0.938 bits per heavy atom. The highest BCUT2D eigenvalue weighted by Gasteiger charge is 2.28. The topological polar surface area (TPSA) is 17.1 Å². The van der Waals surface area contributed by atoms with Crippen LogP contribution < -0.4 is 0 Å². The molecule has 0 saturated carbocycles. The number of hydrogen-bond acceptors (Lipinski definition) is 3. The highest BCUT2D eigenvalue weighted by atomic mass is 32.1. The Labute approximate surface area is 104 Å². The van der Waals surface area contributed by atoms with Crippen LogP contribution in [0.3, 0.4) is 0 Å². The minimum atomic E-state index is -0.0398. The van der Waals surface area contributed by atoms with Crippen LogP contribution in [0.25, 0.3) is 11.6 Å². The molecule has 3 heteroatoms. The number of benzene rings is 1. The van der Waals surface area contributed by atoms with Gasteiger partial charge in [-0.3, -0.25) is 4.79 Å². The van der Waals surface area contributed by atoms with Gasteiger partial charge in [0.15, 0.2) is 0 Å². The van der Waals surface area contributed by atoms with Crippen molar-refractivity contribution in [3.8, 4) is 0 Å². The number of rotatable bonds is 0. The lowest BCUT2D eigenvalue weighted by molar-refractivity contribution is -0.111. The maximum absolute atomic E-state index is 12.0. The summed E-state index contributed by atoms with van der Waals surface area (Å²) in [6, 6.07) is 7.96. The number of carbonyl (C=O) groups excluding carboxylic acids is 1. The van der Waals surface area contributed by atoms with E-state index in [4.69, 9.17) is 0 Å². The molecule has 1 nitrogen and oxygen atoms in total. The van der Waals surface area contributed by atoms with Crippen LogP contribution in [0.2, 0.25) is 0 Å². The van der Waals surface area contributed by atoms with Crippen molar-refractivity contribution in [1.29, 1.82) is 0 Å². The predicted octanol–water partition coefficient (Wildman–Crippen LogP) is 3.12. The number of ketones is 1. The summed E-state index contributed by atoms with van der Waals surface area (Å²) in [6.45, 7) is 0. The van der Waals surface area contributed by atoms with Gasteiger partial charge in [-0.1, -0.05) is 24.3 Å². The molecule has 16 heavy (non-hydrogen) atoms. The molecule has 0 fully saturated rings. The van der Waals surface area contributed by atoms with Crippen LogP contribution in [0.5, 0.6) is 0 Å². The Kier molecular flexibility index (Phi) is 2.13. The van der Waals surface area contributed by atoms with Gasteiger partial charge in [-0.15, -0.1) is 25.3 Å². The van der Waals surface area contributed by atoms with Gasteiger partial charge in [0, 0.05) is 10.5 Å². The van der Waals surface area contributed by atoms with Gasteiger partial charge in [0.25, 0.3) is 0 Å². The number of thiol groups is 2. The van der Waals surface area contributed by atoms with E-state index in [0.29, 0.717) is 9.81 Å². The third-order valence-electron chi connectivity index (χ3n) is 2.82. The van der Waals surface area contributed by atoms with Crippen LogP contribution in [0.15, 0.2) is 45.7 Å². The van der Waals surface area contributed by atoms with E-state index in [1.165, 1.54) is 0 Å². The molecule has 0 bridgehead atoms. The maximum atomic E-state index is 12.0. The molecular formula is C13H8OS2. The summed E-state index contributed by atoms with van der Waals surface area (Å²) in [7, 11) is 0. The lowest BCUT2D eigenvalue weighted by Gasteiger charge is -2.13. The highest BCUT2D eigenvalue weighted by molar-refractivity contribution is 7.89. The third-order valence-corrected chi connectivity index (χ3v) is 3.80. The van der Waals surface area contributed by atoms with Crippen LogP contribution in [-0.4, -0.2) is 5.78 Å². The fourth-order valence-electron chi connectivity index (χ4n) is 2.04. The molecule has 1 aromatic rings. The molecule has 0 saturated heterocycles. The maximum Gasteiger partial charge on any atom is 0.200 e. The lowest BCUT2D eigenvalue weighted by atomic mass is 9.96. The van der Waals surface area contributed by atoms with Crippen molar-refractivity contribution in [2.24, 2.45) is 0 Å². The Hall–Kier alpha value is -1.19. The summed E-state index contributed by atoms with van der Waals surface area (Å²) in [6.07, 6.45) is 3.82. The van der Waals surface area contributed by atoms with Crippen molar-refractivity contribution in [3.05, 3.63) is 56.9 Å². The number of carbonyl (C=O) groups is 1. The summed E-state index contributed by atoms with van der Waals surface area (Å²) in [5.41, 5.74) is 3.87. The van der Waals surface area contributed by atoms with Gasteiger partial charge in [-0.25, -0.2) is 0 Å². The molecule has 0 radical (unpaired) electrons. The van der Waals surface area contributed by atoms with Crippen molar-refractivity contribution < 1.29 is 4.79 Å². The Morgan fingerprint density at radius 3 is 2.50 bits per heavy atom. The molecule has 0 amide bonds. The van der Waals surface area contributed by atoms with Crippen LogP contribution in [0.1, 0.15) is 11.1 Å². The quantitative estimate of drug-likeness (QED) is 0.671. The van der Waals surface area contributed by atoms with Gasteiger partial charge in [0.05, 0.1) is 4.91 Å². The van der Waals surface area contributed by atoms with Crippen molar-refractivity contribution in [1.82, 2.24) is 0 Å². The zero-order chi connectivity index (χ0) is 11.3. The van der Waals surface area contributed by atoms with Gasteiger partial charge in [-0.05, 0) is 28.9 Å². The molecule has 78 valence electrons. The summed E-state index contributed by atoms with van der Waals surface area (Å²) >= 11 is 8.45. The first kappa shape index (κ1) is 10.00. The number of fused-ring (bicyclic) bond motifs is 3. The van der Waals surface area contributed by atoms with Crippen molar-refractivity contribution in [2.75, 3.05) is 0 Å². The van der Waals surface area contributed by atoms with Crippen LogP contribution in [-0.2, 0) is 4.79 Å². The van der Waals surface area contributed by atoms with Crippen molar-refractivity contribution in [2.45, 2.75) is 0 Å². The van der Waals surface area contributed by atoms with Gasteiger partial charge in [0.2, 0.25) is 5.78 Å². The van der Waals surface area contributed by atoms with Crippen molar-refractivity contribution >= 4 is 42.7 Å². The van der Waals surface area contributed by atoms with E-state index >= 15 is 0 Å². The molecule has 0 unspecified atom stereocenters. The minimum Gasteiger partial charge on any atom is -0.288 e. The van der Waals surface area contributed by atoms with E-state index in [-0.39, 0.29) is 5.78 Å². The highest BCUT2D eigenvalue weighted by Crippen LogP contribution is 2.42. The Morgan fingerprint density at radius 2 is 1.69 bits per heavy atom. The second-order valence-corrected chi connectivity index (χ2v) is 4.70. The smallest absolute Gasteiger partial charge is 0.200 e. The first-order valence-corrected chi connectivity index (χ1v) is 5.78. The molecule has 1 aromatic carbocycles. The van der Waals surface area contributed by atoms with E-state index in [0.717, 1.165) is 22.3 Å². The van der Waals surface area contributed by atoms with Gasteiger partial charge >= 0.3 is 0 Å². The first-order valence-electron chi connectivity index (χ1n) is 4.88. The number of hydrogen-bond donors (Lipinski definition) is 2. The summed E-state index contributed by atoms with van der Waals surface area (Å²) < 4.78 is 0. The largest absolute Gasteiger partial charge is 0.288 e. The van der Waals surface area contributed by atoms with Gasteiger partial charge < -0.3 is 0 Å². The standard InChI is InChI=1S/C13H8OS2/c14-12-10-5-7-3-1-2-4-8(7)9(10)6-11(15)13(12)16/h1-6,15-16H. The third kappa shape index (κ3) is 1.25. The molecule has 0 atom stereocenters. The first-order chi connectivity index (χ1) is 7.68. The fourth-order valence-corrected chi connectivity index (χ4v) is 2.45. The van der Waals surface area contributed by atoms with Gasteiger partial charge in [-0.2, -0.15) is 0 Å². The summed E-state index contributed by atoms with van der Waals surface area (Å²) in [5, 5.41) is 0. The lowest BCUT2D eigenvalue weighted by Crippen LogP contribution is -2.07. The molecule has 0 aromatic heterocycles. The summed E-state index contributed by atoms with van der Waals surface area (Å²) in [5.74, 6) is -0.0398. The molecule has 0 spiro atoms. The van der Waals surface area contributed by atoms with Crippen LogP contribution in [0, 0.1) is 0 Å². The number of allylic oxidation sites excluding steroid dienone is 4. The molecule has 0 heterocycles. The molecule has 0 N–H and O–H groups in total. The molecule has 0 aliphatic heterocycles. The molecule has 2 aliphatic carbocycles. The van der Waals surface area contributed by atoms with Gasteiger partial charge in [0.1, 0.15) is 0 Å². The average molecular weight is 244 g/mol. The Balaban J connectivity index is 2.28. The predicted molar refractivity (Wildman–Crippen MR) is 72.4 cm³/mol. The SMILES string of the molecule is O=C1C2=Cc3ccccc3C2=CC(S)=C1S. The van der Waals surface area contributed by atoms with Crippen LogP contribution >= 0.6 is 25.3 Å². The van der Waals surface area contributed by atoms with E-state index in [2.05, 4.69) is 25.3 Å².